The highest BCUT2D eigenvalue weighted by Gasteiger charge is 2.25. The van der Waals surface area contributed by atoms with Crippen molar-refractivity contribution in [2.75, 3.05) is 0 Å². The van der Waals surface area contributed by atoms with Crippen LogP contribution in [0.4, 0.5) is 8.78 Å². The van der Waals surface area contributed by atoms with Crippen molar-refractivity contribution in [3.05, 3.63) is 35.4 Å². The molecule has 0 aromatic heterocycles. The predicted molar refractivity (Wildman–Crippen MR) is 44.7 cm³/mol. The van der Waals surface area contributed by atoms with Crippen LogP contribution in [0.2, 0.25) is 0 Å². The van der Waals surface area contributed by atoms with Crippen LogP contribution in [0.15, 0.2) is 18.2 Å². The van der Waals surface area contributed by atoms with Gasteiger partial charge in [-0.1, -0.05) is 12.1 Å². The van der Waals surface area contributed by atoms with E-state index in [9.17, 15) is 8.78 Å². The van der Waals surface area contributed by atoms with E-state index in [0.29, 0.717) is 0 Å². The Hall–Kier alpha value is -1.00. The average molecular weight is 187 g/mol. The van der Waals surface area contributed by atoms with Crippen LogP contribution in [0.3, 0.4) is 0 Å². The zero-order chi connectivity index (χ0) is 10.1. The minimum atomic E-state index is -1.02. The number of rotatable bonds is 2. The summed E-state index contributed by atoms with van der Waals surface area (Å²) < 4.78 is 25.9. The molecule has 72 valence electrons. The van der Waals surface area contributed by atoms with Gasteiger partial charge in [-0.25, -0.2) is 14.7 Å². The zero-order valence-corrected chi connectivity index (χ0v) is 7.47. The van der Waals surface area contributed by atoms with Crippen LogP contribution in [0, 0.1) is 11.6 Å². The summed E-state index contributed by atoms with van der Waals surface area (Å²) in [5.74, 6) is 3.15. The molecular weight excluding hydrogens is 176 g/mol. The van der Waals surface area contributed by atoms with E-state index >= 15 is 0 Å². The van der Waals surface area contributed by atoms with Gasteiger partial charge in [-0.2, -0.15) is 0 Å². The highest BCUT2D eigenvalue weighted by Crippen LogP contribution is 2.26. The molecule has 0 aliphatic rings. The molecule has 0 amide bonds. The lowest BCUT2D eigenvalue weighted by Crippen LogP contribution is -2.26. The Morgan fingerprint density at radius 1 is 1.31 bits per heavy atom. The van der Waals surface area contributed by atoms with Gasteiger partial charge in [0, 0.05) is 5.56 Å². The fraction of sp³-hybridized carbons (Fsp3) is 0.333. The largest absolute Gasteiger partial charge is 0.294 e. The van der Waals surface area contributed by atoms with Crippen LogP contribution >= 0.6 is 0 Å². The molecule has 0 saturated carbocycles. The smallest absolute Gasteiger partial charge is 0.164 e. The van der Waals surface area contributed by atoms with Crippen LogP contribution in [0.5, 0.6) is 0 Å². The van der Waals surface area contributed by atoms with E-state index in [4.69, 9.17) is 5.90 Å². The Bertz CT molecular complexity index is 312. The lowest BCUT2D eigenvalue weighted by Gasteiger charge is -2.22. The zero-order valence-electron chi connectivity index (χ0n) is 7.47. The molecule has 13 heavy (non-hydrogen) atoms. The summed E-state index contributed by atoms with van der Waals surface area (Å²) in [6.45, 7) is 3.12. The van der Waals surface area contributed by atoms with E-state index in [0.717, 1.165) is 6.07 Å². The number of hydrogen-bond donors (Lipinski definition) is 1. The van der Waals surface area contributed by atoms with Crippen molar-refractivity contribution >= 4 is 0 Å². The maximum atomic E-state index is 13.2. The number of hydrogen-bond acceptors (Lipinski definition) is 2. The van der Waals surface area contributed by atoms with E-state index in [1.807, 2.05) is 0 Å². The van der Waals surface area contributed by atoms with Gasteiger partial charge in [0.25, 0.3) is 0 Å². The minimum Gasteiger partial charge on any atom is -0.294 e. The Labute approximate surface area is 75.3 Å². The predicted octanol–water partition coefficient (Wildman–Crippen LogP) is 2.09. The molecule has 2 nitrogen and oxygen atoms in total. The van der Waals surface area contributed by atoms with Crippen molar-refractivity contribution in [2.45, 2.75) is 19.4 Å². The summed E-state index contributed by atoms with van der Waals surface area (Å²) in [5, 5.41) is 0. The van der Waals surface area contributed by atoms with Gasteiger partial charge in [0.15, 0.2) is 11.6 Å². The molecule has 4 heteroatoms. The van der Waals surface area contributed by atoms with E-state index in [1.165, 1.54) is 12.1 Å². The quantitative estimate of drug-likeness (QED) is 0.719. The van der Waals surface area contributed by atoms with Crippen molar-refractivity contribution in [1.82, 2.24) is 0 Å². The Balaban J connectivity index is 3.22. The molecule has 0 saturated heterocycles. The molecule has 2 N–H and O–H groups in total. The van der Waals surface area contributed by atoms with Crippen LogP contribution < -0.4 is 5.90 Å². The summed E-state index contributed by atoms with van der Waals surface area (Å²) in [6.07, 6.45) is 0. The Morgan fingerprint density at radius 2 is 1.92 bits per heavy atom. The molecule has 0 unspecified atom stereocenters. The summed E-state index contributed by atoms with van der Waals surface area (Å²) in [5.41, 5.74) is -0.915. The van der Waals surface area contributed by atoms with Gasteiger partial charge >= 0.3 is 0 Å². The van der Waals surface area contributed by atoms with Crippen LogP contribution in [0.1, 0.15) is 19.4 Å². The van der Waals surface area contributed by atoms with Gasteiger partial charge in [-0.15, -0.1) is 0 Å². The molecule has 1 rings (SSSR count). The van der Waals surface area contributed by atoms with Gasteiger partial charge in [0.2, 0.25) is 0 Å². The maximum Gasteiger partial charge on any atom is 0.164 e. The number of nitrogens with two attached hydrogens (primary N) is 1. The van der Waals surface area contributed by atoms with Gasteiger partial charge in [0.05, 0.1) is 0 Å². The first-order valence-electron chi connectivity index (χ1n) is 3.81. The topological polar surface area (TPSA) is 35.2 Å². The first kappa shape index (κ1) is 10.1. The lowest BCUT2D eigenvalue weighted by molar-refractivity contribution is -0.0264. The molecule has 0 radical (unpaired) electrons. The number of benzene rings is 1. The molecule has 1 aromatic rings. The second kappa shape index (κ2) is 3.40. The first-order chi connectivity index (χ1) is 5.99. The maximum absolute atomic E-state index is 13.2. The molecule has 0 bridgehead atoms. The minimum absolute atomic E-state index is 0.106. The summed E-state index contributed by atoms with van der Waals surface area (Å²) >= 11 is 0. The van der Waals surface area contributed by atoms with Gasteiger partial charge < -0.3 is 0 Å². The van der Waals surface area contributed by atoms with Gasteiger partial charge in [-0.05, 0) is 19.9 Å². The normalized spacial score (nSPS) is 11.8. The Morgan fingerprint density at radius 3 is 2.46 bits per heavy atom. The molecule has 0 aliphatic heterocycles. The van der Waals surface area contributed by atoms with Gasteiger partial charge in [0.1, 0.15) is 5.60 Å². The average Bonchev–Trinajstić information content (AvgIpc) is 2.09. The van der Waals surface area contributed by atoms with E-state index < -0.39 is 17.2 Å². The van der Waals surface area contributed by atoms with Crippen LogP contribution in [-0.4, -0.2) is 0 Å². The third-order valence-corrected chi connectivity index (χ3v) is 1.89. The monoisotopic (exact) mass is 187 g/mol. The molecule has 1 aromatic carbocycles. The number of halogens is 2. The van der Waals surface area contributed by atoms with Crippen LogP contribution in [-0.2, 0) is 10.4 Å². The standard InChI is InChI=1S/C9H11F2NO/c1-9(2,13-12)6-4-3-5-7(10)8(6)11/h3-5H,12H2,1-2H3. The molecule has 0 fully saturated rings. The SMILES string of the molecule is CC(C)(ON)c1cccc(F)c1F. The van der Waals surface area contributed by atoms with E-state index in [-0.39, 0.29) is 5.56 Å². The second-order valence-corrected chi connectivity index (χ2v) is 3.23. The van der Waals surface area contributed by atoms with Crippen molar-refractivity contribution in [2.24, 2.45) is 5.90 Å². The highest BCUT2D eigenvalue weighted by atomic mass is 19.2. The third-order valence-electron chi connectivity index (χ3n) is 1.89. The fourth-order valence-corrected chi connectivity index (χ4v) is 1.03. The van der Waals surface area contributed by atoms with E-state index in [1.54, 1.807) is 13.8 Å². The highest BCUT2D eigenvalue weighted by molar-refractivity contribution is 5.24. The molecule has 0 aliphatic carbocycles. The lowest BCUT2D eigenvalue weighted by atomic mass is 9.98. The summed E-state index contributed by atoms with van der Waals surface area (Å²) in [7, 11) is 0. The molecular formula is C9H11F2NO. The van der Waals surface area contributed by atoms with Crippen molar-refractivity contribution in [3.8, 4) is 0 Å². The molecule has 0 atom stereocenters. The Kier molecular flexibility index (Phi) is 2.63. The van der Waals surface area contributed by atoms with Crippen molar-refractivity contribution in [1.29, 1.82) is 0 Å². The van der Waals surface area contributed by atoms with Crippen molar-refractivity contribution in [3.63, 3.8) is 0 Å². The second-order valence-electron chi connectivity index (χ2n) is 3.23. The van der Waals surface area contributed by atoms with Crippen LogP contribution in [0.25, 0.3) is 0 Å². The fourth-order valence-electron chi connectivity index (χ4n) is 1.03. The van der Waals surface area contributed by atoms with Crippen molar-refractivity contribution < 1.29 is 13.6 Å². The first-order valence-corrected chi connectivity index (χ1v) is 3.81. The molecule has 0 spiro atoms. The van der Waals surface area contributed by atoms with E-state index in [2.05, 4.69) is 4.84 Å². The summed E-state index contributed by atoms with van der Waals surface area (Å²) in [6, 6.07) is 3.89. The third kappa shape index (κ3) is 1.84. The van der Waals surface area contributed by atoms with Gasteiger partial charge in [-0.3, -0.25) is 4.84 Å². The summed E-state index contributed by atoms with van der Waals surface area (Å²) in [4.78, 5) is 4.55. The molecule has 0 heterocycles.